The van der Waals surface area contributed by atoms with Gasteiger partial charge in [0.2, 0.25) is 0 Å². The number of carbonyl (C=O) groups is 2. The highest BCUT2D eigenvalue weighted by molar-refractivity contribution is 5.96. The van der Waals surface area contributed by atoms with Crippen LogP contribution >= 0.6 is 0 Å². The lowest BCUT2D eigenvalue weighted by atomic mass is 10.1. The van der Waals surface area contributed by atoms with E-state index in [-0.39, 0.29) is 16.9 Å². The number of benzene rings is 2. The lowest BCUT2D eigenvalue weighted by molar-refractivity contribution is -0.384. The highest BCUT2D eigenvalue weighted by Gasteiger charge is 2.23. The molecular formula is C21H22FN3O5. The minimum absolute atomic E-state index is 0.0150. The smallest absolute Gasteiger partial charge is 0.338 e. The Morgan fingerprint density at radius 2 is 1.83 bits per heavy atom. The molecule has 0 aliphatic carbocycles. The van der Waals surface area contributed by atoms with Gasteiger partial charge in [-0.25, -0.2) is 9.18 Å². The van der Waals surface area contributed by atoms with E-state index in [4.69, 9.17) is 4.74 Å². The van der Waals surface area contributed by atoms with Crippen molar-refractivity contribution in [3.63, 3.8) is 0 Å². The summed E-state index contributed by atoms with van der Waals surface area (Å²) in [5.41, 5.74) is 0.519. The number of amides is 1. The van der Waals surface area contributed by atoms with Crippen LogP contribution in [0.4, 0.5) is 21.5 Å². The molecule has 1 heterocycles. The number of nitrogens with zero attached hydrogens (tertiary/aromatic N) is 2. The number of esters is 1. The van der Waals surface area contributed by atoms with Gasteiger partial charge < -0.3 is 15.0 Å². The van der Waals surface area contributed by atoms with Crippen LogP contribution in [-0.2, 0) is 9.53 Å². The van der Waals surface area contributed by atoms with E-state index >= 15 is 0 Å². The first-order valence-electron chi connectivity index (χ1n) is 9.70. The van der Waals surface area contributed by atoms with E-state index in [1.165, 1.54) is 30.3 Å². The van der Waals surface area contributed by atoms with Crippen molar-refractivity contribution in [2.45, 2.75) is 25.7 Å². The number of nitrogens with one attached hydrogen (secondary N) is 1. The fourth-order valence-electron chi connectivity index (χ4n) is 3.35. The van der Waals surface area contributed by atoms with Crippen LogP contribution in [0.5, 0.6) is 0 Å². The minimum atomic E-state index is -0.852. The molecule has 0 radical (unpaired) electrons. The van der Waals surface area contributed by atoms with Gasteiger partial charge in [-0.05, 0) is 43.2 Å². The zero-order valence-electron chi connectivity index (χ0n) is 16.3. The van der Waals surface area contributed by atoms with Gasteiger partial charge in [0.25, 0.3) is 11.6 Å². The first-order valence-corrected chi connectivity index (χ1v) is 9.70. The summed E-state index contributed by atoms with van der Waals surface area (Å²) in [5.74, 6) is -2.01. The highest BCUT2D eigenvalue weighted by Crippen LogP contribution is 2.31. The predicted octanol–water partition coefficient (Wildman–Crippen LogP) is 3.91. The Morgan fingerprint density at radius 1 is 1.10 bits per heavy atom. The topological polar surface area (TPSA) is 102 Å². The molecule has 158 valence electrons. The molecule has 1 fully saturated rings. The summed E-state index contributed by atoms with van der Waals surface area (Å²) in [5, 5.41) is 14.0. The maximum Gasteiger partial charge on any atom is 0.338 e. The van der Waals surface area contributed by atoms with Gasteiger partial charge in [0.1, 0.15) is 11.5 Å². The van der Waals surface area contributed by atoms with Crippen LogP contribution in [0.25, 0.3) is 0 Å². The average Bonchev–Trinajstić information content (AvgIpc) is 3.01. The Bertz CT molecular complexity index is 942. The molecule has 0 aromatic heterocycles. The molecular weight excluding hydrogens is 393 g/mol. The van der Waals surface area contributed by atoms with Gasteiger partial charge in [-0.1, -0.05) is 18.9 Å². The van der Waals surface area contributed by atoms with Crippen molar-refractivity contribution in [2.75, 3.05) is 29.9 Å². The first-order chi connectivity index (χ1) is 14.4. The SMILES string of the molecule is O=C(COC(=O)c1ccc(N2CCCCCC2)c([N+](=O)[O-])c1)Nc1cccc(F)c1. The lowest BCUT2D eigenvalue weighted by Gasteiger charge is -2.22. The minimum Gasteiger partial charge on any atom is -0.452 e. The number of rotatable bonds is 6. The molecule has 0 bridgehead atoms. The van der Waals surface area contributed by atoms with Crippen molar-refractivity contribution >= 4 is 28.9 Å². The summed E-state index contributed by atoms with van der Waals surface area (Å²) in [6.07, 6.45) is 4.10. The molecule has 30 heavy (non-hydrogen) atoms. The summed E-state index contributed by atoms with van der Waals surface area (Å²) in [7, 11) is 0. The average molecular weight is 415 g/mol. The molecule has 3 rings (SSSR count). The molecule has 0 saturated carbocycles. The van der Waals surface area contributed by atoms with Crippen molar-refractivity contribution in [1.29, 1.82) is 0 Å². The number of anilines is 2. The van der Waals surface area contributed by atoms with Gasteiger partial charge in [0.05, 0.1) is 10.5 Å². The van der Waals surface area contributed by atoms with Gasteiger partial charge in [0, 0.05) is 24.8 Å². The van der Waals surface area contributed by atoms with E-state index in [0.717, 1.165) is 44.8 Å². The lowest BCUT2D eigenvalue weighted by Crippen LogP contribution is -2.25. The molecule has 9 heteroatoms. The molecule has 1 saturated heterocycles. The quantitative estimate of drug-likeness (QED) is 0.436. The number of ether oxygens (including phenoxy) is 1. The van der Waals surface area contributed by atoms with Crippen molar-refractivity contribution in [2.24, 2.45) is 0 Å². The van der Waals surface area contributed by atoms with Crippen molar-refractivity contribution < 1.29 is 23.6 Å². The van der Waals surface area contributed by atoms with Crippen LogP contribution in [0.2, 0.25) is 0 Å². The second-order valence-electron chi connectivity index (χ2n) is 7.00. The molecule has 1 aliphatic rings. The van der Waals surface area contributed by atoms with E-state index in [0.29, 0.717) is 5.69 Å². The third-order valence-electron chi connectivity index (χ3n) is 4.80. The van der Waals surface area contributed by atoms with Gasteiger partial charge in [-0.2, -0.15) is 0 Å². The summed E-state index contributed by atoms with van der Waals surface area (Å²) < 4.78 is 18.1. The maximum absolute atomic E-state index is 13.2. The van der Waals surface area contributed by atoms with E-state index in [9.17, 15) is 24.1 Å². The van der Waals surface area contributed by atoms with Crippen molar-refractivity contribution in [3.8, 4) is 0 Å². The number of nitro groups is 1. The Hall–Kier alpha value is -3.49. The normalized spacial score (nSPS) is 14.0. The van der Waals surface area contributed by atoms with Gasteiger partial charge >= 0.3 is 5.97 Å². The monoisotopic (exact) mass is 415 g/mol. The predicted molar refractivity (Wildman–Crippen MR) is 109 cm³/mol. The Morgan fingerprint density at radius 3 is 2.50 bits per heavy atom. The number of halogens is 1. The van der Waals surface area contributed by atoms with Crippen LogP contribution < -0.4 is 10.2 Å². The van der Waals surface area contributed by atoms with E-state index in [2.05, 4.69) is 5.32 Å². The number of carbonyl (C=O) groups excluding carboxylic acids is 2. The standard InChI is InChI=1S/C21H22FN3O5/c22-16-6-5-7-17(13-16)23-20(26)14-30-21(27)15-8-9-18(19(12-15)25(28)29)24-10-3-1-2-4-11-24/h5-9,12-13H,1-4,10-11,14H2,(H,23,26). The summed E-state index contributed by atoms with van der Waals surface area (Å²) >= 11 is 0. The molecule has 0 spiro atoms. The fraction of sp³-hybridized carbons (Fsp3) is 0.333. The van der Waals surface area contributed by atoms with Crippen LogP contribution in [0.15, 0.2) is 42.5 Å². The van der Waals surface area contributed by atoms with Crippen LogP contribution in [0.1, 0.15) is 36.0 Å². The second kappa shape index (κ2) is 9.82. The van der Waals surface area contributed by atoms with Crippen molar-refractivity contribution in [3.05, 3.63) is 64.0 Å². The van der Waals surface area contributed by atoms with Gasteiger partial charge in [-0.15, -0.1) is 0 Å². The zero-order valence-corrected chi connectivity index (χ0v) is 16.3. The summed E-state index contributed by atoms with van der Waals surface area (Å²) in [4.78, 5) is 37.2. The Balaban J connectivity index is 1.65. The largest absolute Gasteiger partial charge is 0.452 e. The van der Waals surface area contributed by atoms with E-state index < -0.39 is 29.2 Å². The van der Waals surface area contributed by atoms with Crippen LogP contribution in [0.3, 0.4) is 0 Å². The molecule has 2 aromatic rings. The van der Waals surface area contributed by atoms with Crippen molar-refractivity contribution in [1.82, 2.24) is 0 Å². The molecule has 8 nitrogen and oxygen atoms in total. The molecule has 0 unspecified atom stereocenters. The van der Waals surface area contributed by atoms with E-state index in [1.807, 2.05) is 4.90 Å². The molecule has 1 aliphatic heterocycles. The highest BCUT2D eigenvalue weighted by atomic mass is 19.1. The van der Waals surface area contributed by atoms with Crippen LogP contribution in [0, 0.1) is 15.9 Å². The first kappa shape index (κ1) is 21.2. The zero-order chi connectivity index (χ0) is 21.5. The third-order valence-corrected chi connectivity index (χ3v) is 4.80. The number of hydrogen-bond acceptors (Lipinski definition) is 6. The van der Waals surface area contributed by atoms with E-state index in [1.54, 1.807) is 6.07 Å². The van der Waals surface area contributed by atoms with Crippen LogP contribution in [-0.4, -0.2) is 36.5 Å². The Labute approximate surface area is 172 Å². The molecule has 1 N–H and O–H groups in total. The van der Waals surface area contributed by atoms with Gasteiger partial charge in [0.15, 0.2) is 6.61 Å². The summed E-state index contributed by atoms with van der Waals surface area (Å²) in [6, 6.07) is 9.47. The number of nitro benzene ring substituents is 1. The second-order valence-corrected chi connectivity index (χ2v) is 7.00. The molecule has 2 aromatic carbocycles. The Kier molecular flexibility index (Phi) is 6.95. The molecule has 1 amide bonds. The fourth-order valence-corrected chi connectivity index (χ4v) is 3.35. The summed E-state index contributed by atoms with van der Waals surface area (Å²) in [6.45, 7) is 0.854. The third kappa shape index (κ3) is 5.53. The number of hydrogen-bond donors (Lipinski definition) is 1. The molecule has 0 atom stereocenters. The maximum atomic E-state index is 13.2. The van der Waals surface area contributed by atoms with Gasteiger partial charge in [-0.3, -0.25) is 14.9 Å².